The lowest BCUT2D eigenvalue weighted by Crippen LogP contribution is -2.38. The number of nitrogens with zero attached hydrogens (tertiary/aromatic N) is 5. The van der Waals surface area contributed by atoms with E-state index < -0.39 is 6.03 Å². The third kappa shape index (κ3) is 5.72. The van der Waals surface area contributed by atoms with Crippen LogP contribution >= 0.6 is 12.2 Å². The van der Waals surface area contributed by atoms with Gasteiger partial charge in [0.1, 0.15) is 5.82 Å². The Bertz CT molecular complexity index is 1080. The second-order valence-corrected chi connectivity index (χ2v) is 7.70. The molecule has 10 nitrogen and oxygen atoms in total. The zero-order valence-electron chi connectivity index (χ0n) is 17.0. The zero-order valence-corrected chi connectivity index (χ0v) is 17.8. The number of anilines is 1. The van der Waals surface area contributed by atoms with Gasteiger partial charge >= 0.3 is 6.03 Å². The summed E-state index contributed by atoms with van der Waals surface area (Å²) in [5.74, 6) is 0.410. The van der Waals surface area contributed by atoms with Crippen LogP contribution in [0.2, 0.25) is 0 Å². The Balaban J connectivity index is 1.43. The summed E-state index contributed by atoms with van der Waals surface area (Å²) in [5, 5.41) is 9.70. The van der Waals surface area contributed by atoms with E-state index in [0.29, 0.717) is 11.3 Å². The summed E-state index contributed by atoms with van der Waals surface area (Å²) < 4.78 is 7.32. The van der Waals surface area contributed by atoms with Gasteiger partial charge in [0.25, 0.3) is 0 Å². The Hall–Kier alpha value is -3.15. The number of ether oxygens (including phenoxy) is 1. The second kappa shape index (κ2) is 9.77. The van der Waals surface area contributed by atoms with Crippen LogP contribution in [0, 0.1) is 0 Å². The SMILES string of the molecule is NC(=S)CNC(=O)Nc1ccc2ncc(-c3cnn(CCN4CCOCC4)c3)cc2n1. The summed E-state index contributed by atoms with van der Waals surface area (Å²) in [6.45, 7) is 5.38. The second-order valence-electron chi connectivity index (χ2n) is 7.18. The molecule has 0 spiro atoms. The fraction of sp³-hybridized carbons (Fsp3) is 0.350. The molecule has 0 unspecified atom stereocenters. The largest absolute Gasteiger partial charge is 0.392 e. The number of fused-ring (bicyclic) bond motifs is 1. The van der Waals surface area contributed by atoms with Crippen LogP contribution < -0.4 is 16.4 Å². The van der Waals surface area contributed by atoms with Crippen LogP contribution in [-0.4, -0.2) is 75.1 Å². The predicted molar refractivity (Wildman–Crippen MR) is 122 cm³/mol. The molecule has 3 aromatic rings. The van der Waals surface area contributed by atoms with E-state index in [0.717, 1.165) is 56.0 Å². The highest BCUT2D eigenvalue weighted by molar-refractivity contribution is 7.80. The van der Waals surface area contributed by atoms with Crippen LogP contribution in [0.5, 0.6) is 0 Å². The average molecular weight is 441 g/mol. The molecule has 4 rings (SSSR count). The van der Waals surface area contributed by atoms with Crippen molar-refractivity contribution >= 4 is 40.1 Å². The monoisotopic (exact) mass is 440 g/mol. The summed E-state index contributed by atoms with van der Waals surface area (Å²) in [6, 6.07) is 5.01. The number of pyridine rings is 2. The molecule has 1 aliphatic heterocycles. The predicted octanol–water partition coefficient (Wildman–Crippen LogP) is 1.23. The lowest BCUT2D eigenvalue weighted by Gasteiger charge is -2.26. The fourth-order valence-electron chi connectivity index (χ4n) is 3.27. The van der Waals surface area contributed by atoms with Gasteiger partial charge in [-0.1, -0.05) is 12.2 Å². The third-order valence-corrected chi connectivity index (χ3v) is 5.06. The lowest BCUT2D eigenvalue weighted by molar-refractivity contribution is 0.0360. The van der Waals surface area contributed by atoms with Crippen molar-refractivity contribution in [1.82, 2.24) is 30.0 Å². The molecule has 0 aromatic carbocycles. The molecule has 1 aliphatic rings. The summed E-state index contributed by atoms with van der Waals surface area (Å²) in [7, 11) is 0. The van der Waals surface area contributed by atoms with Crippen molar-refractivity contribution in [3.63, 3.8) is 0 Å². The number of carbonyl (C=O) groups excluding carboxylic acids is 1. The molecule has 1 saturated heterocycles. The smallest absolute Gasteiger partial charge is 0.320 e. The minimum absolute atomic E-state index is 0.121. The Morgan fingerprint density at radius 2 is 2.00 bits per heavy atom. The lowest BCUT2D eigenvalue weighted by atomic mass is 10.1. The van der Waals surface area contributed by atoms with Gasteiger partial charge in [0.15, 0.2) is 0 Å². The zero-order chi connectivity index (χ0) is 21.6. The van der Waals surface area contributed by atoms with Gasteiger partial charge in [0.05, 0.1) is 48.5 Å². The van der Waals surface area contributed by atoms with E-state index in [1.807, 2.05) is 23.1 Å². The number of urea groups is 1. The van der Waals surface area contributed by atoms with Gasteiger partial charge in [-0.2, -0.15) is 5.10 Å². The summed E-state index contributed by atoms with van der Waals surface area (Å²) in [5.41, 5.74) is 8.67. The Morgan fingerprint density at radius 3 is 2.81 bits per heavy atom. The minimum Gasteiger partial charge on any atom is -0.392 e. The first kappa shape index (κ1) is 21.1. The van der Waals surface area contributed by atoms with Crippen LogP contribution in [0.15, 0.2) is 36.8 Å². The van der Waals surface area contributed by atoms with Crippen molar-refractivity contribution in [2.75, 3.05) is 44.7 Å². The molecule has 0 saturated carbocycles. The van der Waals surface area contributed by atoms with Crippen LogP contribution in [0.3, 0.4) is 0 Å². The van der Waals surface area contributed by atoms with Gasteiger partial charge in [-0.15, -0.1) is 0 Å². The van der Waals surface area contributed by atoms with Gasteiger partial charge in [-0.25, -0.2) is 9.78 Å². The molecule has 3 aromatic heterocycles. The number of hydrogen-bond donors (Lipinski definition) is 3. The van der Waals surface area contributed by atoms with E-state index >= 15 is 0 Å². The average Bonchev–Trinajstić information content (AvgIpc) is 3.26. The number of aromatic nitrogens is 4. The molecule has 31 heavy (non-hydrogen) atoms. The quantitative estimate of drug-likeness (QED) is 0.469. The molecule has 1 fully saturated rings. The Kier molecular flexibility index (Phi) is 6.65. The Morgan fingerprint density at radius 1 is 1.16 bits per heavy atom. The van der Waals surface area contributed by atoms with E-state index in [1.165, 1.54) is 0 Å². The van der Waals surface area contributed by atoms with E-state index in [2.05, 4.69) is 30.6 Å². The first-order valence-electron chi connectivity index (χ1n) is 10.00. The van der Waals surface area contributed by atoms with Crippen LogP contribution in [0.25, 0.3) is 22.2 Å². The number of thiocarbonyl (C=S) groups is 1. The molecule has 2 amide bonds. The third-order valence-electron chi connectivity index (χ3n) is 4.92. The maximum Gasteiger partial charge on any atom is 0.320 e. The molecule has 162 valence electrons. The summed E-state index contributed by atoms with van der Waals surface area (Å²) >= 11 is 4.75. The van der Waals surface area contributed by atoms with Gasteiger partial charge in [-0.3, -0.25) is 19.9 Å². The Labute approximate surface area is 184 Å². The molecular formula is C20H24N8O2S. The topological polar surface area (TPSA) is 123 Å². The normalized spacial score (nSPS) is 14.5. The van der Waals surface area contributed by atoms with Gasteiger partial charge in [-0.05, 0) is 18.2 Å². The van der Waals surface area contributed by atoms with Gasteiger partial charge < -0.3 is 15.8 Å². The number of nitrogens with two attached hydrogens (primary N) is 1. The minimum atomic E-state index is -0.426. The summed E-state index contributed by atoms with van der Waals surface area (Å²) in [6.07, 6.45) is 5.64. The van der Waals surface area contributed by atoms with Gasteiger partial charge in [0.2, 0.25) is 0 Å². The van der Waals surface area contributed by atoms with Crippen molar-refractivity contribution in [3.05, 3.63) is 36.8 Å². The van der Waals surface area contributed by atoms with E-state index in [1.54, 1.807) is 18.3 Å². The van der Waals surface area contributed by atoms with Crippen molar-refractivity contribution in [2.45, 2.75) is 6.54 Å². The molecule has 4 heterocycles. The van der Waals surface area contributed by atoms with Crippen LogP contribution in [0.1, 0.15) is 0 Å². The highest BCUT2D eigenvalue weighted by atomic mass is 32.1. The first-order valence-corrected chi connectivity index (χ1v) is 10.4. The maximum absolute atomic E-state index is 11.9. The number of nitrogens with one attached hydrogen (secondary N) is 2. The summed E-state index contributed by atoms with van der Waals surface area (Å²) in [4.78, 5) is 23.5. The highest BCUT2D eigenvalue weighted by Crippen LogP contribution is 2.22. The standard InChI is InChI=1S/C20H24N8O2S/c21-18(31)12-23-20(29)26-19-2-1-16-17(25-19)9-14(10-22-16)15-11-24-28(13-15)4-3-27-5-7-30-8-6-27/h1-2,9-11,13H,3-8,12H2,(H2,21,31)(H2,23,25,26,29). The molecule has 0 bridgehead atoms. The van der Waals surface area contributed by atoms with Crippen molar-refractivity contribution in [3.8, 4) is 11.1 Å². The number of hydrogen-bond acceptors (Lipinski definition) is 7. The number of amides is 2. The fourth-order valence-corrected chi connectivity index (χ4v) is 3.34. The first-order chi connectivity index (χ1) is 15.1. The molecular weight excluding hydrogens is 416 g/mol. The van der Waals surface area contributed by atoms with Crippen LogP contribution in [0.4, 0.5) is 10.6 Å². The van der Waals surface area contributed by atoms with Crippen molar-refractivity contribution in [1.29, 1.82) is 0 Å². The van der Waals surface area contributed by atoms with Crippen molar-refractivity contribution in [2.24, 2.45) is 5.73 Å². The molecule has 11 heteroatoms. The molecule has 0 aliphatic carbocycles. The van der Waals surface area contributed by atoms with Gasteiger partial charge in [0, 0.05) is 43.2 Å². The number of carbonyl (C=O) groups is 1. The molecule has 0 radical (unpaired) electrons. The van der Waals surface area contributed by atoms with E-state index in [9.17, 15) is 4.79 Å². The van der Waals surface area contributed by atoms with E-state index in [4.69, 9.17) is 22.7 Å². The molecule has 0 atom stereocenters. The van der Waals surface area contributed by atoms with Crippen LogP contribution in [-0.2, 0) is 11.3 Å². The molecule has 4 N–H and O–H groups in total. The van der Waals surface area contributed by atoms with Crippen molar-refractivity contribution < 1.29 is 9.53 Å². The maximum atomic E-state index is 11.9. The number of rotatable bonds is 7. The number of morpholine rings is 1. The van der Waals surface area contributed by atoms with E-state index in [-0.39, 0.29) is 11.5 Å². The highest BCUT2D eigenvalue weighted by Gasteiger charge is 2.11.